The van der Waals surface area contributed by atoms with Crippen LogP contribution in [0, 0.1) is 6.92 Å². The number of aromatic nitrogens is 3. The highest BCUT2D eigenvalue weighted by Gasteiger charge is 2.14. The van der Waals surface area contributed by atoms with Crippen molar-refractivity contribution in [1.82, 2.24) is 15.1 Å². The van der Waals surface area contributed by atoms with Crippen molar-refractivity contribution >= 4 is 11.3 Å². The zero-order valence-corrected chi connectivity index (χ0v) is 14.7. The molecule has 5 heteroatoms. The van der Waals surface area contributed by atoms with Crippen LogP contribution in [0.1, 0.15) is 54.8 Å². The molecule has 23 heavy (non-hydrogen) atoms. The Bertz CT molecular complexity index is 791. The highest BCUT2D eigenvalue weighted by atomic mass is 32.1. The molecule has 1 unspecified atom stereocenters. The largest absolute Gasteiger partial charge is 0.339 e. The molecular weight excluding hydrogens is 306 g/mol. The molecule has 2 heterocycles. The molecule has 120 valence electrons. The molecule has 0 aliphatic heterocycles. The van der Waals surface area contributed by atoms with Crippen LogP contribution >= 0.6 is 11.3 Å². The fourth-order valence-corrected chi connectivity index (χ4v) is 3.32. The Hall–Kier alpha value is -2.01. The van der Waals surface area contributed by atoms with Gasteiger partial charge in [-0.25, -0.2) is 4.98 Å². The Labute approximate surface area is 140 Å². The minimum atomic E-state index is 0.243. The molecule has 3 rings (SSSR count). The molecule has 0 aliphatic carbocycles. The standard InChI is InChI=1S/C18H21N3OS/c1-11(2)17-20-16(21-22-17)15-7-5-6-14(9-15)8-12(3)18-19-13(4)10-23-18/h5-7,9-12H,8H2,1-4H3. The number of hydrogen-bond donors (Lipinski definition) is 0. The monoisotopic (exact) mass is 327 g/mol. The van der Waals surface area contributed by atoms with Crippen molar-refractivity contribution in [2.24, 2.45) is 0 Å². The first-order valence-corrected chi connectivity index (χ1v) is 8.76. The van der Waals surface area contributed by atoms with Gasteiger partial charge in [-0.3, -0.25) is 0 Å². The first-order chi connectivity index (χ1) is 11.0. The van der Waals surface area contributed by atoms with Gasteiger partial charge >= 0.3 is 0 Å². The number of rotatable bonds is 5. The maximum atomic E-state index is 5.30. The lowest BCUT2D eigenvalue weighted by atomic mass is 10.00. The SMILES string of the molecule is Cc1csc(C(C)Cc2cccc(-c3noc(C(C)C)n3)c2)n1. The maximum Gasteiger partial charge on any atom is 0.229 e. The molecule has 1 atom stereocenters. The predicted octanol–water partition coefficient (Wildman–Crippen LogP) is 4.97. The van der Waals surface area contributed by atoms with E-state index in [1.807, 2.05) is 26.8 Å². The van der Waals surface area contributed by atoms with Crippen LogP contribution in [0.4, 0.5) is 0 Å². The lowest BCUT2D eigenvalue weighted by Crippen LogP contribution is -1.98. The fourth-order valence-electron chi connectivity index (χ4n) is 2.46. The Morgan fingerprint density at radius 2 is 2.00 bits per heavy atom. The van der Waals surface area contributed by atoms with Gasteiger partial charge in [0.05, 0.1) is 5.01 Å². The molecular formula is C18H21N3OS. The van der Waals surface area contributed by atoms with E-state index in [9.17, 15) is 0 Å². The van der Waals surface area contributed by atoms with Crippen molar-refractivity contribution in [2.45, 2.75) is 46.0 Å². The van der Waals surface area contributed by atoms with Crippen LogP contribution in [0.2, 0.25) is 0 Å². The van der Waals surface area contributed by atoms with Crippen LogP contribution in [0.5, 0.6) is 0 Å². The quantitative estimate of drug-likeness (QED) is 0.664. The lowest BCUT2D eigenvalue weighted by molar-refractivity contribution is 0.365. The van der Waals surface area contributed by atoms with Gasteiger partial charge in [0.1, 0.15) is 0 Å². The minimum Gasteiger partial charge on any atom is -0.339 e. The summed E-state index contributed by atoms with van der Waals surface area (Å²) in [5.74, 6) is 1.98. The van der Waals surface area contributed by atoms with Crippen LogP contribution in [0.15, 0.2) is 34.2 Å². The molecule has 2 aromatic heterocycles. The summed E-state index contributed by atoms with van der Waals surface area (Å²) >= 11 is 1.73. The van der Waals surface area contributed by atoms with Crippen molar-refractivity contribution in [3.05, 3.63) is 51.8 Å². The molecule has 1 aromatic carbocycles. The maximum absolute atomic E-state index is 5.30. The third-order valence-corrected chi connectivity index (χ3v) is 4.92. The zero-order chi connectivity index (χ0) is 16.4. The van der Waals surface area contributed by atoms with Crippen molar-refractivity contribution in [2.75, 3.05) is 0 Å². The van der Waals surface area contributed by atoms with E-state index in [4.69, 9.17) is 4.52 Å². The van der Waals surface area contributed by atoms with Crippen LogP contribution in [0.3, 0.4) is 0 Å². The molecule has 4 nitrogen and oxygen atoms in total. The molecule has 0 radical (unpaired) electrons. The van der Waals surface area contributed by atoms with Gasteiger partial charge in [-0.05, 0) is 25.0 Å². The Morgan fingerprint density at radius 1 is 1.17 bits per heavy atom. The highest BCUT2D eigenvalue weighted by Crippen LogP contribution is 2.26. The van der Waals surface area contributed by atoms with Crippen molar-refractivity contribution < 1.29 is 4.52 Å². The first kappa shape index (κ1) is 15.9. The summed E-state index contributed by atoms with van der Waals surface area (Å²) in [7, 11) is 0. The van der Waals surface area contributed by atoms with E-state index in [1.165, 1.54) is 10.6 Å². The summed E-state index contributed by atoms with van der Waals surface area (Å²) in [5, 5.41) is 7.39. The summed E-state index contributed by atoms with van der Waals surface area (Å²) in [5.41, 5.74) is 3.36. The third kappa shape index (κ3) is 3.67. The Kier molecular flexibility index (Phi) is 4.57. The molecule has 3 aromatic rings. The molecule has 0 aliphatic rings. The van der Waals surface area contributed by atoms with E-state index in [-0.39, 0.29) is 5.92 Å². The van der Waals surface area contributed by atoms with Gasteiger partial charge in [0, 0.05) is 28.5 Å². The molecule has 0 amide bonds. The van der Waals surface area contributed by atoms with Gasteiger partial charge in [0.2, 0.25) is 11.7 Å². The summed E-state index contributed by atoms with van der Waals surface area (Å²) in [6, 6.07) is 8.36. The number of benzene rings is 1. The summed E-state index contributed by atoms with van der Waals surface area (Å²) < 4.78 is 5.30. The van der Waals surface area contributed by atoms with Gasteiger partial charge in [-0.2, -0.15) is 4.98 Å². The second-order valence-corrected chi connectivity index (χ2v) is 7.13. The van der Waals surface area contributed by atoms with Gasteiger partial charge in [0.15, 0.2) is 0 Å². The zero-order valence-electron chi connectivity index (χ0n) is 13.9. The molecule has 0 saturated carbocycles. The number of nitrogens with zero attached hydrogens (tertiary/aromatic N) is 3. The van der Waals surface area contributed by atoms with E-state index in [2.05, 4.69) is 45.6 Å². The lowest BCUT2D eigenvalue weighted by Gasteiger charge is -2.09. The van der Waals surface area contributed by atoms with Gasteiger partial charge in [0.25, 0.3) is 0 Å². The van der Waals surface area contributed by atoms with Crippen LogP contribution < -0.4 is 0 Å². The minimum absolute atomic E-state index is 0.243. The van der Waals surface area contributed by atoms with E-state index in [0.717, 1.165) is 17.7 Å². The molecule has 0 saturated heterocycles. The molecule has 0 bridgehead atoms. The van der Waals surface area contributed by atoms with Gasteiger partial charge in [-0.1, -0.05) is 44.1 Å². The van der Waals surface area contributed by atoms with Crippen LogP contribution in [-0.2, 0) is 6.42 Å². The topological polar surface area (TPSA) is 51.8 Å². The molecule has 0 fully saturated rings. The molecule has 0 N–H and O–H groups in total. The van der Waals surface area contributed by atoms with E-state index in [0.29, 0.717) is 17.6 Å². The van der Waals surface area contributed by atoms with Crippen LogP contribution in [0.25, 0.3) is 11.4 Å². The van der Waals surface area contributed by atoms with E-state index >= 15 is 0 Å². The van der Waals surface area contributed by atoms with Crippen molar-refractivity contribution in [3.63, 3.8) is 0 Å². The van der Waals surface area contributed by atoms with Crippen molar-refractivity contribution in [3.8, 4) is 11.4 Å². The summed E-state index contributed by atoms with van der Waals surface area (Å²) in [6.07, 6.45) is 0.954. The van der Waals surface area contributed by atoms with Crippen LogP contribution in [-0.4, -0.2) is 15.1 Å². The average Bonchev–Trinajstić information content (AvgIpc) is 3.16. The van der Waals surface area contributed by atoms with Gasteiger partial charge in [-0.15, -0.1) is 11.3 Å². The molecule has 0 spiro atoms. The third-order valence-electron chi connectivity index (χ3n) is 3.72. The number of aryl methyl sites for hydroxylation is 1. The number of hydrogen-bond acceptors (Lipinski definition) is 5. The normalized spacial score (nSPS) is 12.7. The average molecular weight is 327 g/mol. The Balaban J connectivity index is 1.79. The highest BCUT2D eigenvalue weighted by molar-refractivity contribution is 7.09. The Morgan fingerprint density at radius 3 is 2.65 bits per heavy atom. The summed E-state index contributed by atoms with van der Waals surface area (Å²) in [6.45, 7) is 8.35. The second-order valence-electron chi connectivity index (χ2n) is 6.24. The van der Waals surface area contributed by atoms with Crippen molar-refractivity contribution in [1.29, 1.82) is 0 Å². The predicted molar refractivity (Wildman–Crippen MR) is 92.8 cm³/mol. The first-order valence-electron chi connectivity index (χ1n) is 7.88. The fraction of sp³-hybridized carbons (Fsp3) is 0.389. The second kappa shape index (κ2) is 6.62. The van der Waals surface area contributed by atoms with E-state index in [1.54, 1.807) is 11.3 Å². The van der Waals surface area contributed by atoms with E-state index < -0.39 is 0 Å². The smallest absolute Gasteiger partial charge is 0.229 e. The number of thiazole rings is 1. The van der Waals surface area contributed by atoms with Gasteiger partial charge < -0.3 is 4.52 Å². The summed E-state index contributed by atoms with van der Waals surface area (Å²) in [4.78, 5) is 9.06.